The maximum atomic E-state index is 14.0. The molecule has 0 bridgehead atoms. The Balaban J connectivity index is 0.000000221. The number of imidazole rings is 1. The third kappa shape index (κ3) is 7.34. The van der Waals surface area contributed by atoms with Crippen molar-refractivity contribution in [2.45, 2.75) is 45.4 Å². The van der Waals surface area contributed by atoms with Crippen molar-refractivity contribution in [3.63, 3.8) is 0 Å². The summed E-state index contributed by atoms with van der Waals surface area (Å²) in [7, 11) is 0. The molecule has 2 unspecified atom stereocenters. The van der Waals surface area contributed by atoms with E-state index in [-0.39, 0.29) is 16.8 Å². The third-order valence-electron chi connectivity index (χ3n) is 5.94. The van der Waals surface area contributed by atoms with Crippen LogP contribution in [0.2, 0.25) is 10.0 Å². The van der Waals surface area contributed by atoms with Crippen molar-refractivity contribution in [3.8, 4) is 0 Å². The Morgan fingerprint density at radius 2 is 1.95 bits per heavy atom. The summed E-state index contributed by atoms with van der Waals surface area (Å²) in [5.74, 6) is 0.125. The highest BCUT2D eigenvalue weighted by Crippen LogP contribution is 2.50. The van der Waals surface area contributed by atoms with Gasteiger partial charge in [-0.05, 0) is 40.8 Å². The van der Waals surface area contributed by atoms with Gasteiger partial charge in [-0.1, -0.05) is 63.0 Å². The van der Waals surface area contributed by atoms with Crippen LogP contribution < -0.4 is 16.0 Å². The molecule has 0 aliphatic carbocycles. The zero-order chi connectivity index (χ0) is 27.9. The number of fused-ring (bicyclic) bond motifs is 2. The first kappa shape index (κ1) is 29.6. The van der Waals surface area contributed by atoms with Crippen LogP contribution in [0.25, 0.3) is 0 Å². The van der Waals surface area contributed by atoms with Crippen LogP contribution in [0.5, 0.6) is 0 Å². The lowest BCUT2D eigenvalue weighted by molar-refractivity contribution is -0.120. The van der Waals surface area contributed by atoms with E-state index in [0.717, 1.165) is 17.8 Å². The summed E-state index contributed by atoms with van der Waals surface area (Å²) >= 11 is 12.0. The monoisotopic (exact) mass is 561 g/mol. The number of benzene rings is 2. The molecule has 3 aromatic rings. The molecular formula is C28H34Cl2FN5O2. The van der Waals surface area contributed by atoms with Crippen molar-refractivity contribution in [2.75, 3.05) is 25.0 Å². The summed E-state index contributed by atoms with van der Waals surface area (Å²) in [5, 5.41) is 9.29. The predicted molar refractivity (Wildman–Crippen MR) is 150 cm³/mol. The van der Waals surface area contributed by atoms with Gasteiger partial charge in [-0.15, -0.1) is 0 Å². The van der Waals surface area contributed by atoms with E-state index < -0.39 is 11.2 Å². The largest absolute Gasteiger partial charge is 0.358 e. The molecule has 4 N–H and O–H groups in total. The average molecular weight is 563 g/mol. The zero-order valence-electron chi connectivity index (χ0n) is 22.0. The van der Waals surface area contributed by atoms with Crippen molar-refractivity contribution in [3.05, 3.63) is 81.6 Å². The van der Waals surface area contributed by atoms with Gasteiger partial charge < -0.3 is 20.9 Å². The third-order valence-corrected chi connectivity index (χ3v) is 6.46. The highest BCUT2D eigenvalue weighted by molar-refractivity contribution is 6.31. The quantitative estimate of drug-likeness (QED) is 0.245. The Bertz CT molecular complexity index is 1240. The summed E-state index contributed by atoms with van der Waals surface area (Å²) in [4.78, 5) is 29.5. The number of aromatic amines is 1. The predicted octanol–water partition coefficient (Wildman–Crippen LogP) is 5.46. The Labute approximate surface area is 232 Å². The fourth-order valence-corrected chi connectivity index (χ4v) is 4.78. The number of rotatable bonds is 5. The average Bonchev–Trinajstić information content (AvgIpc) is 3.56. The first-order valence-electron chi connectivity index (χ1n) is 12.4. The normalized spacial score (nSPS) is 19.6. The lowest BCUT2D eigenvalue weighted by Crippen LogP contribution is -2.41. The maximum absolute atomic E-state index is 14.0. The molecule has 1 fully saturated rings. The van der Waals surface area contributed by atoms with Crippen LogP contribution in [-0.2, 0) is 21.4 Å². The van der Waals surface area contributed by atoms with Gasteiger partial charge in [0.1, 0.15) is 11.6 Å². The zero-order valence-corrected chi connectivity index (χ0v) is 23.5. The van der Waals surface area contributed by atoms with Gasteiger partial charge in [0.15, 0.2) is 0 Å². The van der Waals surface area contributed by atoms with Crippen molar-refractivity contribution in [1.29, 1.82) is 0 Å². The first-order chi connectivity index (χ1) is 18.0. The molecule has 1 saturated heterocycles. The number of carbonyl (C=O) groups is 2. The van der Waals surface area contributed by atoms with Gasteiger partial charge in [0.05, 0.1) is 10.4 Å². The van der Waals surface area contributed by atoms with Crippen LogP contribution in [0.3, 0.4) is 0 Å². The molecule has 3 heterocycles. The van der Waals surface area contributed by atoms with E-state index in [4.69, 9.17) is 23.2 Å². The molecule has 7 nitrogen and oxygen atoms in total. The Hall–Kier alpha value is -2.94. The van der Waals surface area contributed by atoms with Gasteiger partial charge in [0.2, 0.25) is 12.3 Å². The number of anilines is 1. The number of hydrogen-bond acceptors (Lipinski definition) is 4. The molecule has 0 radical (unpaired) electrons. The van der Waals surface area contributed by atoms with E-state index in [1.165, 1.54) is 12.1 Å². The fourth-order valence-electron chi connectivity index (χ4n) is 4.42. The fraction of sp³-hybridized carbons (Fsp3) is 0.393. The lowest BCUT2D eigenvalue weighted by Gasteiger charge is -2.29. The van der Waals surface area contributed by atoms with Crippen molar-refractivity contribution in [2.24, 2.45) is 5.41 Å². The lowest BCUT2D eigenvalue weighted by atomic mass is 9.70. The molecule has 204 valence electrons. The molecule has 5 rings (SSSR count). The Kier molecular flexibility index (Phi) is 9.93. The second kappa shape index (κ2) is 12.7. The summed E-state index contributed by atoms with van der Waals surface area (Å²) in [6.07, 6.45) is 4.89. The smallest absolute Gasteiger partial charge is 0.237 e. The molecule has 2 aliphatic rings. The molecule has 38 heavy (non-hydrogen) atoms. The van der Waals surface area contributed by atoms with E-state index in [2.05, 4.69) is 53.6 Å². The van der Waals surface area contributed by atoms with Gasteiger partial charge in [0.25, 0.3) is 0 Å². The van der Waals surface area contributed by atoms with Crippen molar-refractivity contribution in [1.82, 2.24) is 20.6 Å². The minimum Gasteiger partial charge on any atom is -0.358 e. The van der Waals surface area contributed by atoms with E-state index >= 15 is 0 Å². The Morgan fingerprint density at radius 3 is 2.58 bits per heavy atom. The topological polar surface area (TPSA) is 98.9 Å². The van der Waals surface area contributed by atoms with Crippen LogP contribution in [0, 0.1) is 11.2 Å². The first-order valence-corrected chi connectivity index (χ1v) is 13.1. The summed E-state index contributed by atoms with van der Waals surface area (Å²) in [6, 6.07) is 10.3. The van der Waals surface area contributed by atoms with Gasteiger partial charge in [-0.3, -0.25) is 9.59 Å². The van der Waals surface area contributed by atoms with Crippen LogP contribution >= 0.6 is 23.2 Å². The van der Waals surface area contributed by atoms with E-state index in [1.54, 1.807) is 18.5 Å². The number of nitrogens with one attached hydrogen (secondary N) is 4. The Morgan fingerprint density at radius 1 is 1.21 bits per heavy atom. The molecule has 0 saturated carbocycles. The minimum atomic E-state index is -0.842. The molecule has 2 amide bonds. The molecular weight excluding hydrogens is 528 g/mol. The highest BCUT2D eigenvalue weighted by Gasteiger charge is 2.55. The molecule has 10 heteroatoms. The van der Waals surface area contributed by atoms with Crippen LogP contribution in [-0.4, -0.2) is 41.9 Å². The SMILES string of the molecule is CC(C)(C)C.O=C1Nc2cc(Cl)c(F)cc2C12CNCC2c1cccc(Cl)c1.O=CNCCc1ncc[nH]1. The van der Waals surface area contributed by atoms with Crippen molar-refractivity contribution >= 4 is 41.2 Å². The van der Waals surface area contributed by atoms with Crippen LogP contribution in [0.1, 0.15) is 50.6 Å². The van der Waals surface area contributed by atoms with E-state index in [1.807, 2.05) is 18.2 Å². The van der Waals surface area contributed by atoms with E-state index in [0.29, 0.717) is 47.7 Å². The number of hydrogen-bond donors (Lipinski definition) is 4. The van der Waals surface area contributed by atoms with Crippen LogP contribution in [0.15, 0.2) is 48.8 Å². The molecule has 2 atom stereocenters. The number of nitrogens with zero attached hydrogens (tertiary/aromatic N) is 1. The molecule has 1 aromatic heterocycles. The minimum absolute atomic E-state index is 0.00589. The standard InChI is InChI=1S/C17H13Cl2FN2O.C6H9N3O.C5H12/c18-10-3-1-2-9(4-10)12-7-21-8-17(12)11-5-14(20)13(19)6-15(11)22-16(17)23;10-5-7-2-1-6-8-3-4-9-6;1-5(2,3)4/h1-6,12,21H,7-8H2,(H,22,23);3-5H,1-2H2,(H,7,10)(H,8,9);1-4H3. The number of aromatic nitrogens is 2. The van der Waals surface area contributed by atoms with Gasteiger partial charge in [-0.2, -0.15) is 0 Å². The van der Waals surface area contributed by atoms with Crippen LogP contribution in [0.4, 0.5) is 10.1 Å². The summed E-state index contributed by atoms with van der Waals surface area (Å²) < 4.78 is 14.0. The van der Waals surface area contributed by atoms with E-state index in [9.17, 15) is 14.0 Å². The summed E-state index contributed by atoms with van der Waals surface area (Å²) in [5.41, 5.74) is 1.85. The number of halogens is 3. The molecule has 2 aromatic carbocycles. The number of carbonyl (C=O) groups excluding carboxylic acids is 2. The van der Waals surface area contributed by atoms with Gasteiger partial charge in [0, 0.05) is 55.1 Å². The molecule has 2 aliphatic heterocycles. The highest BCUT2D eigenvalue weighted by atomic mass is 35.5. The number of amides is 2. The maximum Gasteiger partial charge on any atom is 0.237 e. The number of H-pyrrole nitrogens is 1. The second-order valence-electron chi connectivity index (χ2n) is 10.8. The summed E-state index contributed by atoms with van der Waals surface area (Å²) in [6.45, 7) is 10.5. The van der Waals surface area contributed by atoms with Crippen molar-refractivity contribution < 1.29 is 14.0 Å². The molecule has 1 spiro atoms. The van der Waals surface area contributed by atoms with Gasteiger partial charge in [-0.25, -0.2) is 9.37 Å². The second-order valence-corrected chi connectivity index (χ2v) is 11.7. The van der Waals surface area contributed by atoms with Gasteiger partial charge >= 0.3 is 0 Å².